The number of nitrogens with zero attached hydrogens (tertiary/aromatic N) is 1. The normalized spacial score (nSPS) is 19.9. The van der Waals surface area contributed by atoms with E-state index in [-0.39, 0.29) is 17.2 Å². The van der Waals surface area contributed by atoms with Crippen molar-refractivity contribution in [3.8, 4) is 11.8 Å². The molecule has 3 aromatic carbocycles. The Bertz CT molecular complexity index is 1240. The molecule has 3 aromatic rings. The molecule has 1 amide bonds. The summed E-state index contributed by atoms with van der Waals surface area (Å²) >= 11 is 0. The molecule has 5 rings (SSSR count). The summed E-state index contributed by atoms with van der Waals surface area (Å²) in [6.07, 6.45) is 5.92. The first kappa shape index (κ1) is 22.2. The van der Waals surface area contributed by atoms with Gasteiger partial charge < -0.3 is 10.1 Å². The van der Waals surface area contributed by atoms with Crippen LogP contribution < -0.4 is 10.1 Å². The number of hydrogen-bond acceptors (Lipinski definition) is 3. The molecule has 2 aliphatic rings. The van der Waals surface area contributed by atoms with Gasteiger partial charge in [0, 0.05) is 17.0 Å². The Morgan fingerprint density at radius 1 is 1.15 bits per heavy atom. The van der Waals surface area contributed by atoms with E-state index < -0.39 is 0 Å². The molecule has 0 unspecified atom stereocenters. The van der Waals surface area contributed by atoms with Crippen molar-refractivity contribution in [3.05, 3.63) is 94.5 Å². The number of carbonyl (C=O) groups excluding carboxylic acids is 1. The number of unbranched alkanes of at least 4 members (excludes halogenated alkanes) is 1. The Morgan fingerprint density at radius 2 is 2.00 bits per heavy atom. The molecule has 0 radical (unpaired) electrons. The summed E-state index contributed by atoms with van der Waals surface area (Å²) in [5.74, 6) is 0.887. The standard InChI is InChI=1S/C30H30N2O2/c1-2-3-9-24-11-10-22(19-31)16-28(24)32-29(33)27-18-30(27)15-14-23-12-13-25(17-26(23)30)34-20-21-7-5-4-6-8-21/h4-8,10-13,16-17,27H,2-3,9,14-15,18,20H2,1H3,(H,32,33)/t27-,30-/m0/s1. The molecule has 4 nitrogen and oxygen atoms in total. The lowest BCUT2D eigenvalue weighted by Crippen LogP contribution is -2.20. The van der Waals surface area contributed by atoms with Crippen molar-refractivity contribution in [1.29, 1.82) is 5.26 Å². The van der Waals surface area contributed by atoms with Crippen molar-refractivity contribution in [1.82, 2.24) is 0 Å². The molecule has 1 saturated carbocycles. The Hall–Kier alpha value is -3.58. The lowest BCUT2D eigenvalue weighted by Gasteiger charge is -2.15. The Balaban J connectivity index is 1.31. The quantitative estimate of drug-likeness (QED) is 0.437. The zero-order valence-electron chi connectivity index (χ0n) is 19.6. The van der Waals surface area contributed by atoms with E-state index >= 15 is 0 Å². The molecule has 0 saturated heterocycles. The summed E-state index contributed by atoms with van der Waals surface area (Å²) in [6, 6.07) is 24.4. The Labute approximate surface area is 201 Å². The van der Waals surface area contributed by atoms with Crippen LogP contribution in [0.25, 0.3) is 0 Å². The van der Waals surface area contributed by atoms with Gasteiger partial charge in [-0.3, -0.25) is 4.79 Å². The van der Waals surface area contributed by atoms with Crippen LogP contribution in [0.5, 0.6) is 5.75 Å². The molecule has 2 aliphatic carbocycles. The van der Waals surface area contributed by atoms with E-state index in [2.05, 4.69) is 42.6 Å². The third-order valence-corrected chi connectivity index (χ3v) is 7.39. The minimum Gasteiger partial charge on any atom is -0.489 e. The van der Waals surface area contributed by atoms with Crippen molar-refractivity contribution < 1.29 is 9.53 Å². The highest BCUT2D eigenvalue weighted by molar-refractivity contribution is 5.97. The van der Waals surface area contributed by atoms with E-state index in [1.165, 1.54) is 11.1 Å². The SMILES string of the molecule is CCCCc1ccc(C#N)cc1NC(=O)[C@@H]1C[C@]12CCc1ccc(OCc3ccccc3)cc12. The molecule has 4 heteroatoms. The predicted molar refractivity (Wildman–Crippen MR) is 134 cm³/mol. The number of aryl methyl sites for hydroxylation is 2. The van der Waals surface area contributed by atoms with Crippen LogP contribution in [0.4, 0.5) is 5.69 Å². The number of fused-ring (bicyclic) bond motifs is 2. The van der Waals surface area contributed by atoms with Crippen molar-refractivity contribution in [2.24, 2.45) is 5.92 Å². The highest BCUT2D eigenvalue weighted by Gasteiger charge is 2.61. The maximum Gasteiger partial charge on any atom is 0.228 e. The topological polar surface area (TPSA) is 62.1 Å². The van der Waals surface area contributed by atoms with Crippen molar-refractivity contribution in [2.75, 3.05) is 5.32 Å². The van der Waals surface area contributed by atoms with Gasteiger partial charge in [-0.25, -0.2) is 0 Å². The average Bonchev–Trinajstić information content (AvgIpc) is 3.51. The number of nitriles is 1. The van der Waals surface area contributed by atoms with Crippen molar-refractivity contribution in [2.45, 2.75) is 57.5 Å². The Morgan fingerprint density at radius 3 is 2.79 bits per heavy atom. The second kappa shape index (κ2) is 9.35. The number of nitrogens with one attached hydrogen (secondary N) is 1. The fourth-order valence-electron chi connectivity index (χ4n) is 5.35. The second-order valence-corrected chi connectivity index (χ2v) is 9.58. The summed E-state index contributed by atoms with van der Waals surface area (Å²) in [5.41, 5.74) is 6.13. The van der Waals surface area contributed by atoms with Crippen LogP contribution in [0.15, 0.2) is 66.7 Å². The van der Waals surface area contributed by atoms with E-state index in [4.69, 9.17) is 4.74 Å². The number of benzene rings is 3. The van der Waals surface area contributed by atoms with Crippen LogP contribution in [-0.2, 0) is 29.7 Å². The van der Waals surface area contributed by atoms with Gasteiger partial charge in [0.1, 0.15) is 12.4 Å². The van der Waals surface area contributed by atoms with Crippen LogP contribution in [0.2, 0.25) is 0 Å². The van der Waals surface area contributed by atoms with Gasteiger partial charge >= 0.3 is 0 Å². The van der Waals surface area contributed by atoms with Crippen LogP contribution in [0.3, 0.4) is 0 Å². The third kappa shape index (κ3) is 4.31. The number of carbonyl (C=O) groups is 1. The zero-order valence-corrected chi connectivity index (χ0v) is 19.6. The lowest BCUT2D eigenvalue weighted by molar-refractivity contribution is -0.117. The molecule has 0 aliphatic heterocycles. The highest BCUT2D eigenvalue weighted by Crippen LogP contribution is 2.62. The van der Waals surface area contributed by atoms with Gasteiger partial charge in [-0.05, 0) is 78.6 Å². The van der Waals surface area contributed by atoms with Crippen molar-refractivity contribution in [3.63, 3.8) is 0 Å². The van der Waals surface area contributed by atoms with Crippen LogP contribution >= 0.6 is 0 Å². The lowest BCUT2D eigenvalue weighted by atomic mass is 9.94. The predicted octanol–water partition coefficient (Wildman–Crippen LogP) is 6.32. The van der Waals surface area contributed by atoms with E-state index in [1.807, 2.05) is 42.5 Å². The molecule has 0 heterocycles. The molecule has 172 valence electrons. The average molecular weight is 451 g/mol. The van der Waals surface area contributed by atoms with Crippen LogP contribution in [0.1, 0.15) is 60.4 Å². The van der Waals surface area contributed by atoms with E-state index in [9.17, 15) is 10.1 Å². The number of ether oxygens (including phenoxy) is 1. The number of rotatable bonds is 8. The monoisotopic (exact) mass is 450 g/mol. The van der Waals surface area contributed by atoms with Gasteiger partial charge in [0.2, 0.25) is 5.91 Å². The maximum absolute atomic E-state index is 13.3. The second-order valence-electron chi connectivity index (χ2n) is 9.58. The molecule has 1 N–H and O–H groups in total. The molecule has 1 fully saturated rings. The summed E-state index contributed by atoms with van der Waals surface area (Å²) in [6.45, 7) is 2.69. The number of hydrogen-bond donors (Lipinski definition) is 1. The first-order chi connectivity index (χ1) is 16.6. The van der Waals surface area contributed by atoms with Crippen LogP contribution in [0, 0.1) is 17.2 Å². The first-order valence-corrected chi connectivity index (χ1v) is 12.3. The molecule has 0 aromatic heterocycles. The van der Waals surface area contributed by atoms with Gasteiger partial charge in [-0.15, -0.1) is 0 Å². The van der Waals surface area contributed by atoms with E-state index in [0.717, 1.165) is 61.1 Å². The minimum atomic E-state index is -0.0814. The summed E-state index contributed by atoms with van der Waals surface area (Å²) in [5, 5.41) is 12.5. The van der Waals surface area contributed by atoms with Gasteiger partial charge in [0.25, 0.3) is 0 Å². The van der Waals surface area contributed by atoms with Gasteiger partial charge in [-0.1, -0.05) is 55.8 Å². The zero-order chi connectivity index (χ0) is 23.5. The van der Waals surface area contributed by atoms with E-state index in [0.29, 0.717) is 12.2 Å². The van der Waals surface area contributed by atoms with E-state index in [1.54, 1.807) is 0 Å². The third-order valence-electron chi connectivity index (χ3n) is 7.39. The molecule has 34 heavy (non-hydrogen) atoms. The maximum atomic E-state index is 13.3. The van der Waals surface area contributed by atoms with Gasteiger partial charge in [0.05, 0.1) is 11.6 Å². The van der Waals surface area contributed by atoms with Gasteiger partial charge in [0.15, 0.2) is 0 Å². The van der Waals surface area contributed by atoms with Crippen LogP contribution in [-0.4, -0.2) is 5.91 Å². The van der Waals surface area contributed by atoms with Crippen molar-refractivity contribution >= 4 is 11.6 Å². The minimum absolute atomic E-state index is 0.0390. The van der Waals surface area contributed by atoms with Gasteiger partial charge in [-0.2, -0.15) is 5.26 Å². The smallest absolute Gasteiger partial charge is 0.228 e. The number of anilines is 1. The number of amides is 1. The molecular formula is C30H30N2O2. The highest BCUT2D eigenvalue weighted by atomic mass is 16.5. The largest absolute Gasteiger partial charge is 0.489 e. The fourth-order valence-corrected chi connectivity index (χ4v) is 5.35. The summed E-state index contributed by atoms with van der Waals surface area (Å²) < 4.78 is 6.08. The summed E-state index contributed by atoms with van der Waals surface area (Å²) in [4.78, 5) is 13.3. The molecule has 1 spiro atoms. The molecule has 2 atom stereocenters. The molecule has 0 bridgehead atoms. The fraction of sp³-hybridized carbons (Fsp3) is 0.333. The molecular weight excluding hydrogens is 420 g/mol. The first-order valence-electron chi connectivity index (χ1n) is 12.3. The summed E-state index contributed by atoms with van der Waals surface area (Å²) in [7, 11) is 0. The Kier molecular flexibility index (Phi) is 6.11.